The van der Waals surface area contributed by atoms with Gasteiger partial charge in [0.25, 0.3) is 0 Å². The molecule has 0 saturated heterocycles. The lowest BCUT2D eigenvalue weighted by Gasteiger charge is -2.30. The molecule has 0 saturated carbocycles. The second-order valence-corrected chi connectivity index (χ2v) is 14.6. The van der Waals surface area contributed by atoms with Gasteiger partial charge in [0, 0.05) is 25.4 Å². The molecular weight excluding hydrogens is 642 g/mol. The molecule has 0 fully saturated rings. The van der Waals surface area contributed by atoms with Crippen LogP contribution in [0.4, 0.5) is 4.79 Å². The van der Waals surface area contributed by atoms with Crippen molar-refractivity contribution in [1.82, 2.24) is 25.7 Å². The lowest BCUT2D eigenvalue weighted by Crippen LogP contribution is -2.49. The van der Waals surface area contributed by atoms with Gasteiger partial charge in [-0.1, -0.05) is 96.2 Å². The maximum Gasteiger partial charge on any atom is 0.408 e. The number of likely N-dealkylation sites (N-methyl/N-ethyl adjacent to an activating group) is 1. The van der Waals surface area contributed by atoms with Crippen molar-refractivity contribution in [1.29, 1.82) is 0 Å². The Balaban J connectivity index is 1.38. The zero-order valence-electron chi connectivity index (χ0n) is 30.4. The number of aromatic nitrogens is 2. The van der Waals surface area contributed by atoms with Crippen molar-refractivity contribution in [2.75, 3.05) is 7.05 Å². The molecule has 266 valence electrons. The summed E-state index contributed by atoms with van der Waals surface area (Å²) in [5.74, 6) is 0.0327. The Labute approximate surface area is 299 Å². The van der Waals surface area contributed by atoms with Gasteiger partial charge in [-0.3, -0.25) is 9.59 Å². The first kappa shape index (κ1) is 36.8. The Morgan fingerprint density at radius 1 is 0.843 bits per heavy atom. The number of amides is 3. The number of alkyl carbamates (subject to hydrolysis) is 1. The molecule has 3 amide bonds. The highest BCUT2D eigenvalue weighted by molar-refractivity contribution is 5.93. The number of carbonyl (C=O) groups is 3. The molecule has 5 rings (SSSR count). The SMILES string of the molecule is Cc1noc([C@@H](Cc2ccc3ccccc3c2)N(C)C(=O)C(Cc2ccc3ccccc3c2)NC(=O)C=CCC(C)(C)NC(=O)OC(C)(C)C)n1. The van der Waals surface area contributed by atoms with Gasteiger partial charge >= 0.3 is 6.09 Å². The van der Waals surface area contributed by atoms with E-state index < -0.39 is 35.2 Å². The van der Waals surface area contributed by atoms with Crippen LogP contribution in [0.2, 0.25) is 0 Å². The van der Waals surface area contributed by atoms with E-state index in [1.807, 2.05) is 74.5 Å². The standard InChI is InChI=1S/C41H47N5O5/c1-27-42-37(51-45-27)35(26-29-19-21-31-14-9-11-16-33(31)24-29)46(7)38(48)34(25-28-18-20-30-13-8-10-15-32(30)23-28)43-36(47)17-12-22-41(5,6)44-39(49)50-40(2,3)4/h8-21,23-24,34-35H,22,25-26H2,1-7H3,(H,43,47)(H,44,49)/t34?,35-/m1/s1. The van der Waals surface area contributed by atoms with Crippen molar-refractivity contribution in [3.05, 3.63) is 120 Å². The second kappa shape index (κ2) is 15.6. The van der Waals surface area contributed by atoms with E-state index in [2.05, 4.69) is 45.0 Å². The maximum atomic E-state index is 14.5. The first-order valence-electron chi connectivity index (χ1n) is 17.2. The molecule has 1 heterocycles. The van der Waals surface area contributed by atoms with E-state index in [1.165, 1.54) is 6.08 Å². The summed E-state index contributed by atoms with van der Waals surface area (Å²) in [5, 5.41) is 14.1. The number of nitrogens with zero attached hydrogens (tertiary/aromatic N) is 3. The number of benzene rings is 4. The lowest BCUT2D eigenvalue weighted by molar-refractivity contribution is -0.137. The number of nitrogens with one attached hydrogen (secondary N) is 2. The number of ether oxygens (including phenoxy) is 1. The molecule has 0 aliphatic heterocycles. The molecule has 0 bridgehead atoms. The first-order chi connectivity index (χ1) is 24.2. The number of hydrogen-bond acceptors (Lipinski definition) is 7. The van der Waals surface area contributed by atoms with Gasteiger partial charge in [0.2, 0.25) is 17.7 Å². The molecule has 2 N–H and O–H groups in total. The third-order valence-corrected chi connectivity index (χ3v) is 8.49. The molecule has 1 unspecified atom stereocenters. The molecular formula is C41H47N5O5. The van der Waals surface area contributed by atoms with E-state index in [0.29, 0.717) is 24.6 Å². The molecule has 1 aromatic heterocycles. The number of rotatable bonds is 12. The minimum absolute atomic E-state index is 0.255. The highest BCUT2D eigenvalue weighted by atomic mass is 16.6. The van der Waals surface area contributed by atoms with Gasteiger partial charge in [-0.05, 0) is 86.7 Å². The number of aryl methyl sites for hydroxylation is 1. The third kappa shape index (κ3) is 10.3. The zero-order valence-corrected chi connectivity index (χ0v) is 30.4. The van der Waals surface area contributed by atoms with Gasteiger partial charge in [0.05, 0.1) is 0 Å². The van der Waals surface area contributed by atoms with Crippen LogP contribution in [-0.2, 0) is 27.2 Å². The van der Waals surface area contributed by atoms with Crippen LogP contribution in [0, 0.1) is 6.92 Å². The Bertz CT molecular complexity index is 2040. The van der Waals surface area contributed by atoms with Gasteiger partial charge in [0.15, 0.2) is 5.82 Å². The average molecular weight is 690 g/mol. The van der Waals surface area contributed by atoms with E-state index in [1.54, 1.807) is 45.7 Å². The molecule has 10 nitrogen and oxygen atoms in total. The lowest BCUT2D eigenvalue weighted by atomic mass is 9.98. The molecule has 0 spiro atoms. The summed E-state index contributed by atoms with van der Waals surface area (Å²) in [6.45, 7) is 10.8. The summed E-state index contributed by atoms with van der Waals surface area (Å²) in [7, 11) is 1.70. The van der Waals surface area contributed by atoms with Gasteiger partial charge in [-0.25, -0.2) is 4.79 Å². The molecule has 5 aromatic rings. The van der Waals surface area contributed by atoms with Crippen LogP contribution in [0.3, 0.4) is 0 Å². The molecule has 51 heavy (non-hydrogen) atoms. The summed E-state index contributed by atoms with van der Waals surface area (Å²) >= 11 is 0. The highest BCUT2D eigenvalue weighted by Crippen LogP contribution is 2.27. The molecule has 2 atom stereocenters. The monoisotopic (exact) mass is 689 g/mol. The predicted molar refractivity (Wildman–Crippen MR) is 199 cm³/mol. The average Bonchev–Trinajstić information content (AvgIpc) is 3.50. The largest absolute Gasteiger partial charge is 0.444 e. The Hall–Kier alpha value is -5.51. The molecule has 0 aliphatic rings. The van der Waals surface area contributed by atoms with Crippen LogP contribution in [0.15, 0.2) is 102 Å². The third-order valence-electron chi connectivity index (χ3n) is 8.49. The smallest absolute Gasteiger partial charge is 0.408 e. The van der Waals surface area contributed by atoms with Crippen LogP contribution in [-0.4, -0.2) is 57.2 Å². The summed E-state index contributed by atoms with van der Waals surface area (Å²) in [6, 6.07) is 26.8. The van der Waals surface area contributed by atoms with Crippen molar-refractivity contribution in [2.24, 2.45) is 0 Å². The van der Waals surface area contributed by atoms with Crippen molar-refractivity contribution >= 4 is 39.5 Å². The zero-order chi connectivity index (χ0) is 36.8. The van der Waals surface area contributed by atoms with Crippen molar-refractivity contribution in [3.8, 4) is 0 Å². The fraction of sp³-hybridized carbons (Fsp3) is 0.341. The predicted octanol–water partition coefficient (Wildman–Crippen LogP) is 7.40. The maximum absolute atomic E-state index is 14.5. The van der Waals surface area contributed by atoms with Gasteiger partial charge in [0.1, 0.15) is 17.7 Å². The molecule has 0 aliphatic carbocycles. The molecule has 0 radical (unpaired) electrons. The van der Waals surface area contributed by atoms with Crippen LogP contribution in [0.25, 0.3) is 21.5 Å². The van der Waals surface area contributed by atoms with E-state index in [0.717, 1.165) is 32.7 Å². The second-order valence-electron chi connectivity index (χ2n) is 14.6. The van der Waals surface area contributed by atoms with Crippen molar-refractivity contribution in [2.45, 2.75) is 84.0 Å². The normalized spacial score (nSPS) is 13.2. The fourth-order valence-electron chi connectivity index (χ4n) is 5.94. The summed E-state index contributed by atoms with van der Waals surface area (Å²) < 4.78 is 11.0. The van der Waals surface area contributed by atoms with Gasteiger partial charge in [-0.2, -0.15) is 4.98 Å². The Kier molecular flexibility index (Phi) is 11.2. The minimum Gasteiger partial charge on any atom is -0.444 e. The van der Waals surface area contributed by atoms with Crippen molar-refractivity contribution < 1.29 is 23.6 Å². The summed E-state index contributed by atoms with van der Waals surface area (Å²) in [4.78, 5) is 46.3. The molecule has 10 heteroatoms. The fourth-order valence-corrected chi connectivity index (χ4v) is 5.94. The Morgan fingerprint density at radius 2 is 1.41 bits per heavy atom. The number of carbonyl (C=O) groups excluding carboxylic acids is 3. The summed E-state index contributed by atoms with van der Waals surface area (Å²) in [6.07, 6.45) is 3.57. The van der Waals surface area contributed by atoms with Crippen LogP contribution in [0.1, 0.15) is 69.9 Å². The van der Waals surface area contributed by atoms with Crippen LogP contribution >= 0.6 is 0 Å². The van der Waals surface area contributed by atoms with Crippen LogP contribution < -0.4 is 10.6 Å². The summed E-state index contributed by atoms with van der Waals surface area (Å²) in [5.41, 5.74) is 0.576. The minimum atomic E-state index is -0.913. The van der Waals surface area contributed by atoms with Gasteiger partial charge in [-0.15, -0.1) is 0 Å². The quantitative estimate of drug-likeness (QED) is 0.131. The molecule has 4 aromatic carbocycles. The van der Waals surface area contributed by atoms with E-state index in [9.17, 15) is 14.4 Å². The van der Waals surface area contributed by atoms with E-state index >= 15 is 0 Å². The number of hydrogen-bond donors (Lipinski definition) is 2. The van der Waals surface area contributed by atoms with E-state index in [-0.39, 0.29) is 12.3 Å². The van der Waals surface area contributed by atoms with Crippen molar-refractivity contribution in [3.63, 3.8) is 0 Å². The topological polar surface area (TPSA) is 127 Å². The van der Waals surface area contributed by atoms with Crippen LogP contribution in [0.5, 0.6) is 0 Å². The van der Waals surface area contributed by atoms with E-state index in [4.69, 9.17) is 9.26 Å². The highest BCUT2D eigenvalue weighted by Gasteiger charge is 2.32. The first-order valence-corrected chi connectivity index (χ1v) is 17.2. The Morgan fingerprint density at radius 3 is 1.96 bits per heavy atom. The number of fused-ring (bicyclic) bond motifs is 2. The van der Waals surface area contributed by atoms with Gasteiger partial charge < -0.3 is 24.8 Å².